The topological polar surface area (TPSA) is 57.3 Å². The van der Waals surface area contributed by atoms with Gasteiger partial charge in [0.1, 0.15) is 23.9 Å². The molecule has 0 aliphatic rings. The van der Waals surface area contributed by atoms with Gasteiger partial charge in [-0.3, -0.25) is 9.48 Å². The van der Waals surface area contributed by atoms with Gasteiger partial charge in [-0.1, -0.05) is 23.2 Å². The molecule has 7 heteroatoms. The van der Waals surface area contributed by atoms with E-state index < -0.39 is 0 Å². The average Bonchev–Trinajstić information content (AvgIpc) is 3.30. The summed E-state index contributed by atoms with van der Waals surface area (Å²) in [5.41, 5.74) is 0.540. The second-order valence-corrected chi connectivity index (χ2v) is 6.27. The van der Waals surface area contributed by atoms with E-state index >= 15 is 0 Å². The molecule has 0 aliphatic carbocycles. The molecule has 0 atom stereocenters. The number of aromatic nitrogens is 2. The minimum absolute atomic E-state index is 0.130. The van der Waals surface area contributed by atoms with Crippen LogP contribution < -0.4 is 4.74 Å². The first-order chi connectivity index (χ1) is 12.5. The highest BCUT2D eigenvalue weighted by molar-refractivity contribution is 6.42. The lowest BCUT2D eigenvalue weighted by molar-refractivity contribution is 0.104. The lowest BCUT2D eigenvalue weighted by Crippen LogP contribution is -1.94. The number of carbonyl (C=O) groups is 1. The number of carbonyl (C=O) groups excluding carboxylic acids is 1. The Kier molecular flexibility index (Phi) is 5.81. The van der Waals surface area contributed by atoms with Crippen LogP contribution in [0.4, 0.5) is 0 Å². The molecular formula is C19H16Cl2N2O3. The van der Waals surface area contributed by atoms with Crippen molar-refractivity contribution in [3.8, 4) is 5.75 Å². The highest BCUT2D eigenvalue weighted by Crippen LogP contribution is 2.27. The quantitative estimate of drug-likeness (QED) is 0.406. The van der Waals surface area contributed by atoms with Crippen LogP contribution in [-0.4, -0.2) is 15.6 Å². The van der Waals surface area contributed by atoms with E-state index in [0.717, 1.165) is 6.54 Å². The van der Waals surface area contributed by atoms with Gasteiger partial charge >= 0.3 is 0 Å². The van der Waals surface area contributed by atoms with Gasteiger partial charge in [0.05, 0.1) is 21.8 Å². The molecule has 3 aromatic rings. The average molecular weight is 391 g/mol. The van der Waals surface area contributed by atoms with Crippen LogP contribution in [-0.2, 0) is 13.2 Å². The van der Waals surface area contributed by atoms with E-state index in [2.05, 4.69) is 5.10 Å². The Morgan fingerprint density at radius 3 is 2.85 bits per heavy atom. The standard InChI is InChI=1S/C19H16Cl2N2O3/c1-2-23-11-13(10-22-23)19(24)8-6-14-3-4-16(26-14)12-25-15-5-7-17(20)18(21)9-15/h3-11H,2,12H2,1H3/b8-6+. The highest BCUT2D eigenvalue weighted by atomic mass is 35.5. The predicted molar refractivity (Wildman–Crippen MR) is 101 cm³/mol. The van der Waals surface area contributed by atoms with Gasteiger partial charge in [0.15, 0.2) is 5.78 Å². The van der Waals surface area contributed by atoms with Gasteiger partial charge in [0, 0.05) is 18.8 Å². The highest BCUT2D eigenvalue weighted by Gasteiger charge is 2.06. The van der Waals surface area contributed by atoms with Crippen molar-refractivity contribution in [1.82, 2.24) is 9.78 Å². The molecule has 0 saturated heterocycles. The maximum Gasteiger partial charge on any atom is 0.189 e. The van der Waals surface area contributed by atoms with Crippen LogP contribution in [0.2, 0.25) is 10.0 Å². The SMILES string of the molecule is CCn1cc(C(=O)/C=C/c2ccc(COc3ccc(Cl)c(Cl)c3)o2)cn1. The molecule has 0 unspecified atom stereocenters. The van der Waals surface area contributed by atoms with E-state index in [1.165, 1.54) is 6.08 Å². The number of ether oxygens (including phenoxy) is 1. The Morgan fingerprint density at radius 2 is 2.12 bits per heavy atom. The maximum atomic E-state index is 12.1. The monoisotopic (exact) mass is 390 g/mol. The first kappa shape index (κ1) is 18.3. The predicted octanol–water partition coefficient (Wildman–Crippen LogP) is 5.28. The van der Waals surface area contributed by atoms with Gasteiger partial charge in [0.25, 0.3) is 0 Å². The molecular weight excluding hydrogens is 375 g/mol. The van der Waals surface area contributed by atoms with Gasteiger partial charge < -0.3 is 9.15 Å². The Balaban J connectivity index is 1.58. The van der Waals surface area contributed by atoms with E-state index in [-0.39, 0.29) is 12.4 Å². The van der Waals surface area contributed by atoms with Crippen LogP contribution in [0.1, 0.15) is 28.8 Å². The molecule has 3 rings (SSSR count). The second kappa shape index (κ2) is 8.25. The largest absolute Gasteiger partial charge is 0.486 e. The van der Waals surface area contributed by atoms with E-state index in [0.29, 0.717) is 32.9 Å². The van der Waals surface area contributed by atoms with Gasteiger partial charge in [-0.2, -0.15) is 5.10 Å². The second-order valence-electron chi connectivity index (χ2n) is 5.45. The Labute approximate surface area is 160 Å². The van der Waals surface area contributed by atoms with Gasteiger partial charge in [0.2, 0.25) is 0 Å². The van der Waals surface area contributed by atoms with Crippen molar-refractivity contribution in [2.75, 3.05) is 0 Å². The smallest absolute Gasteiger partial charge is 0.189 e. The number of ketones is 1. The van der Waals surface area contributed by atoms with Crippen LogP contribution in [0.3, 0.4) is 0 Å². The summed E-state index contributed by atoms with van der Waals surface area (Å²) >= 11 is 11.8. The number of allylic oxidation sites excluding steroid dienone is 1. The number of hydrogen-bond acceptors (Lipinski definition) is 4. The number of hydrogen-bond donors (Lipinski definition) is 0. The number of aryl methyl sites for hydroxylation is 1. The minimum atomic E-state index is -0.130. The molecule has 0 aliphatic heterocycles. The lowest BCUT2D eigenvalue weighted by Gasteiger charge is -2.05. The van der Waals surface area contributed by atoms with Crippen LogP contribution in [0, 0.1) is 0 Å². The van der Waals surface area contributed by atoms with Crippen molar-refractivity contribution in [2.24, 2.45) is 0 Å². The van der Waals surface area contributed by atoms with Gasteiger partial charge in [-0.25, -0.2) is 0 Å². The van der Waals surface area contributed by atoms with E-state index in [1.54, 1.807) is 53.5 Å². The molecule has 0 N–H and O–H groups in total. The molecule has 26 heavy (non-hydrogen) atoms. The van der Waals surface area contributed by atoms with Crippen molar-refractivity contribution in [2.45, 2.75) is 20.1 Å². The molecule has 0 bridgehead atoms. The Morgan fingerprint density at radius 1 is 1.27 bits per heavy atom. The summed E-state index contributed by atoms with van der Waals surface area (Å²) in [6.07, 6.45) is 6.34. The van der Waals surface area contributed by atoms with Crippen molar-refractivity contribution < 1.29 is 13.9 Å². The Bertz CT molecular complexity index is 944. The zero-order chi connectivity index (χ0) is 18.5. The molecule has 5 nitrogen and oxygen atoms in total. The first-order valence-corrected chi connectivity index (χ1v) is 8.72. The minimum Gasteiger partial charge on any atom is -0.486 e. The molecule has 0 spiro atoms. The summed E-state index contributed by atoms with van der Waals surface area (Å²) in [7, 11) is 0. The molecule has 0 fully saturated rings. The number of halogens is 2. The van der Waals surface area contributed by atoms with Crippen molar-refractivity contribution in [3.05, 3.63) is 75.9 Å². The summed E-state index contributed by atoms with van der Waals surface area (Å²) in [6, 6.07) is 8.60. The third kappa shape index (κ3) is 4.56. The number of benzene rings is 1. The fraction of sp³-hybridized carbons (Fsp3) is 0.158. The fourth-order valence-electron chi connectivity index (χ4n) is 2.20. The first-order valence-electron chi connectivity index (χ1n) is 7.96. The van der Waals surface area contributed by atoms with Crippen molar-refractivity contribution in [1.29, 1.82) is 0 Å². The van der Waals surface area contributed by atoms with Crippen LogP contribution in [0.15, 0.2) is 53.2 Å². The third-order valence-corrected chi connectivity index (χ3v) is 4.33. The van der Waals surface area contributed by atoms with E-state index in [4.69, 9.17) is 32.4 Å². The zero-order valence-electron chi connectivity index (χ0n) is 14.0. The van der Waals surface area contributed by atoms with Crippen molar-refractivity contribution in [3.63, 3.8) is 0 Å². The normalized spacial score (nSPS) is 11.2. The summed E-state index contributed by atoms with van der Waals surface area (Å²) in [4.78, 5) is 12.1. The molecule has 2 heterocycles. The number of furan rings is 1. The number of rotatable bonds is 7. The molecule has 0 saturated carbocycles. The lowest BCUT2D eigenvalue weighted by atomic mass is 10.2. The summed E-state index contributed by atoms with van der Waals surface area (Å²) in [5.74, 6) is 1.65. The maximum absolute atomic E-state index is 12.1. The fourth-order valence-corrected chi connectivity index (χ4v) is 2.49. The van der Waals surface area contributed by atoms with E-state index in [1.807, 2.05) is 6.92 Å². The summed E-state index contributed by atoms with van der Waals surface area (Å²) in [5, 5.41) is 4.98. The Hall–Kier alpha value is -2.50. The molecule has 0 amide bonds. The third-order valence-electron chi connectivity index (χ3n) is 3.60. The van der Waals surface area contributed by atoms with E-state index in [9.17, 15) is 4.79 Å². The van der Waals surface area contributed by atoms with Gasteiger partial charge in [-0.05, 0) is 43.3 Å². The van der Waals surface area contributed by atoms with Gasteiger partial charge in [-0.15, -0.1) is 0 Å². The summed E-state index contributed by atoms with van der Waals surface area (Å²) < 4.78 is 12.9. The zero-order valence-corrected chi connectivity index (χ0v) is 15.5. The van der Waals surface area contributed by atoms with Crippen LogP contribution in [0.5, 0.6) is 5.75 Å². The van der Waals surface area contributed by atoms with Crippen LogP contribution >= 0.6 is 23.2 Å². The summed E-state index contributed by atoms with van der Waals surface area (Å²) in [6.45, 7) is 2.92. The van der Waals surface area contributed by atoms with Crippen molar-refractivity contribution >= 4 is 35.1 Å². The van der Waals surface area contributed by atoms with Crippen LogP contribution in [0.25, 0.3) is 6.08 Å². The number of nitrogens with zero attached hydrogens (tertiary/aromatic N) is 2. The molecule has 134 valence electrons. The molecule has 1 aromatic carbocycles. The molecule has 0 radical (unpaired) electrons. The molecule has 2 aromatic heterocycles.